The average Bonchev–Trinajstić information content (AvgIpc) is 3.95. The Hall–Kier alpha value is -5.34. The van der Waals surface area contributed by atoms with Gasteiger partial charge in [0.25, 0.3) is 29.5 Å². The molecule has 2 aliphatic rings. The Bertz CT molecular complexity index is 1730. The number of Topliss-reactive ketones (excluding diaryl/α,β-unsaturated/α-hetero) is 2. The van der Waals surface area contributed by atoms with Crippen molar-refractivity contribution < 1.29 is 33.2 Å². The minimum atomic E-state index is -0.775. The molecule has 0 saturated carbocycles. The number of rotatable bonds is 10. The maximum atomic E-state index is 12.7. The fourth-order valence-corrected chi connectivity index (χ4v) is 5.43. The second kappa shape index (κ2) is 16.6. The van der Waals surface area contributed by atoms with E-state index in [0.29, 0.717) is 62.7 Å². The van der Waals surface area contributed by atoms with E-state index in [4.69, 9.17) is 4.42 Å². The lowest BCUT2D eigenvalue weighted by atomic mass is 9.84. The van der Waals surface area contributed by atoms with E-state index in [1.54, 1.807) is 63.1 Å². The van der Waals surface area contributed by atoms with Crippen LogP contribution in [-0.4, -0.2) is 84.3 Å². The SMILES string of the molecule is CCC(C)(C)C(=O)C(=O)N1CCC[C@H]1C(=O)NNC(=O)c1ccccn1.CCC(C)(C)C(=O)C(=O)N1CCC[C@H]1c1nnc(-c2ccccn2)o1. The number of pyridine rings is 2. The molecule has 0 spiro atoms. The molecule has 0 radical (unpaired) electrons. The lowest BCUT2D eigenvalue weighted by Gasteiger charge is -2.27. The van der Waals surface area contributed by atoms with Gasteiger partial charge >= 0.3 is 0 Å². The van der Waals surface area contributed by atoms with Crippen LogP contribution in [0.1, 0.15) is 102 Å². The number of likely N-dealkylation sites (tertiary alicyclic amines) is 2. The summed E-state index contributed by atoms with van der Waals surface area (Å²) in [4.78, 5) is 85.4. The van der Waals surface area contributed by atoms with Gasteiger partial charge in [0, 0.05) is 36.3 Å². The molecule has 2 aliphatic heterocycles. The summed E-state index contributed by atoms with van der Waals surface area (Å²) in [6, 6.07) is 9.13. The maximum absolute atomic E-state index is 12.7. The molecule has 15 heteroatoms. The fraction of sp³-hybridized carbons (Fsp3) is 0.500. The molecule has 0 unspecified atom stereocenters. The van der Waals surface area contributed by atoms with Gasteiger partial charge in [-0.25, -0.2) is 0 Å². The van der Waals surface area contributed by atoms with E-state index in [1.165, 1.54) is 17.2 Å². The third kappa shape index (κ3) is 9.07. The second-order valence-corrected chi connectivity index (χ2v) is 13.8. The number of hydrogen-bond acceptors (Lipinski definition) is 11. The van der Waals surface area contributed by atoms with Crippen LogP contribution in [0.15, 0.2) is 53.2 Å². The summed E-state index contributed by atoms with van der Waals surface area (Å²) in [5.74, 6) is -2.40. The van der Waals surface area contributed by atoms with Gasteiger partial charge < -0.3 is 14.2 Å². The summed E-state index contributed by atoms with van der Waals surface area (Å²) >= 11 is 0. The number of amides is 4. The first-order chi connectivity index (χ1) is 24.2. The van der Waals surface area contributed by atoms with E-state index < -0.39 is 46.3 Å². The first-order valence-corrected chi connectivity index (χ1v) is 17.2. The molecular weight excluding hydrogens is 656 g/mol. The van der Waals surface area contributed by atoms with E-state index >= 15 is 0 Å². The molecule has 2 atom stereocenters. The Morgan fingerprint density at radius 3 is 1.94 bits per heavy atom. The van der Waals surface area contributed by atoms with Crippen molar-refractivity contribution in [1.29, 1.82) is 0 Å². The number of hydrogen-bond donors (Lipinski definition) is 2. The Morgan fingerprint density at radius 2 is 1.35 bits per heavy atom. The van der Waals surface area contributed by atoms with E-state index in [2.05, 4.69) is 31.0 Å². The predicted molar refractivity (Wildman–Crippen MR) is 184 cm³/mol. The van der Waals surface area contributed by atoms with Crippen LogP contribution in [0.4, 0.5) is 0 Å². The highest BCUT2D eigenvalue weighted by molar-refractivity contribution is 6.38. The van der Waals surface area contributed by atoms with Gasteiger partial charge in [0.2, 0.25) is 17.5 Å². The van der Waals surface area contributed by atoms with Crippen molar-refractivity contribution in [3.05, 3.63) is 60.4 Å². The normalized spacial score (nSPS) is 17.3. The lowest BCUT2D eigenvalue weighted by Crippen LogP contribution is -2.53. The Kier molecular flexibility index (Phi) is 12.5. The van der Waals surface area contributed by atoms with Gasteiger partial charge in [-0.1, -0.05) is 53.7 Å². The molecular formula is C36H46N8O7. The summed E-state index contributed by atoms with van der Waals surface area (Å²) in [6.45, 7) is 11.6. The molecule has 2 fully saturated rings. The van der Waals surface area contributed by atoms with Crippen molar-refractivity contribution in [2.45, 2.75) is 92.2 Å². The number of aromatic nitrogens is 4. The van der Waals surface area contributed by atoms with Crippen LogP contribution in [0.2, 0.25) is 0 Å². The van der Waals surface area contributed by atoms with Crippen LogP contribution < -0.4 is 10.9 Å². The lowest BCUT2D eigenvalue weighted by molar-refractivity contribution is -0.151. The number of carbonyl (C=O) groups is 6. The maximum Gasteiger partial charge on any atom is 0.291 e. The summed E-state index contributed by atoms with van der Waals surface area (Å²) in [6.07, 6.45) is 6.83. The standard InChI is InChI=1S/C18H24N4O4.C18H22N4O3/c1-4-18(2,3)14(23)17(26)22-11-7-9-13(22)16(25)21-20-15(24)12-8-5-6-10-19-12;1-4-18(2,3)14(23)17(24)22-11-7-9-13(22)16-21-20-15(25-16)12-8-5-6-10-19-12/h5-6,8,10,13H,4,7,9,11H2,1-3H3,(H,20,24)(H,21,25);5-6,8,10,13H,4,7,9,11H2,1-3H3/t2*13-/m00/s1. The highest BCUT2D eigenvalue weighted by Crippen LogP contribution is 2.34. The van der Waals surface area contributed by atoms with Gasteiger partial charge in [0.05, 0.1) is 0 Å². The van der Waals surface area contributed by atoms with Crippen LogP contribution in [0.3, 0.4) is 0 Å². The third-order valence-corrected chi connectivity index (χ3v) is 9.52. The monoisotopic (exact) mass is 702 g/mol. The molecule has 3 aromatic heterocycles. The number of nitrogens with one attached hydrogen (secondary N) is 2. The molecule has 272 valence electrons. The highest BCUT2D eigenvalue weighted by Gasteiger charge is 2.42. The second-order valence-electron chi connectivity index (χ2n) is 13.8. The smallest absolute Gasteiger partial charge is 0.291 e. The van der Waals surface area contributed by atoms with Gasteiger partial charge in [0.15, 0.2) is 0 Å². The molecule has 0 bridgehead atoms. The molecule has 51 heavy (non-hydrogen) atoms. The van der Waals surface area contributed by atoms with Gasteiger partial charge in [-0.05, 0) is 62.8 Å². The Labute approximate surface area is 296 Å². The molecule has 0 aromatic carbocycles. The van der Waals surface area contributed by atoms with Crippen LogP contribution in [0.5, 0.6) is 0 Å². The van der Waals surface area contributed by atoms with E-state index in [1.807, 2.05) is 19.9 Å². The summed E-state index contributed by atoms with van der Waals surface area (Å²) in [5.41, 5.74) is 3.90. The zero-order valence-corrected chi connectivity index (χ0v) is 30.0. The van der Waals surface area contributed by atoms with Crippen LogP contribution in [0.25, 0.3) is 11.6 Å². The number of hydrazine groups is 1. The van der Waals surface area contributed by atoms with Gasteiger partial charge in [0.1, 0.15) is 23.5 Å². The average molecular weight is 703 g/mol. The molecule has 5 rings (SSSR count). The van der Waals surface area contributed by atoms with Gasteiger partial charge in [-0.2, -0.15) is 0 Å². The Balaban J connectivity index is 0.000000229. The molecule has 4 amide bonds. The van der Waals surface area contributed by atoms with Crippen molar-refractivity contribution in [1.82, 2.24) is 40.8 Å². The zero-order chi connectivity index (χ0) is 37.3. The molecule has 0 aliphatic carbocycles. The van der Waals surface area contributed by atoms with Crippen molar-refractivity contribution >= 4 is 35.2 Å². The minimum Gasteiger partial charge on any atom is -0.417 e. The van der Waals surface area contributed by atoms with Crippen molar-refractivity contribution in [3.63, 3.8) is 0 Å². The number of carbonyl (C=O) groups excluding carboxylic acids is 6. The van der Waals surface area contributed by atoms with Crippen molar-refractivity contribution in [2.24, 2.45) is 10.8 Å². The van der Waals surface area contributed by atoms with E-state index in [9.17, 15) is 28.8 Å². The van der Waals surface area contributed by atoms with Crippen LogP contribution in [0, 0.1) is 10.8 Å². The summed E-state index contributed by atoms with van der Waals surface area (Å²) < 4.78 is 5.74. The van der Waals surface area contributed by atoms with E-state index in [0.717, 1.165) is 6.42 Å². The molecule has 2 N–H and O–H groups in total. The summed E-state index contributed by atoms with van der Waals surface area (Å²) in [5, 5.41) is 8.12. The van der Waals surface area contributed by atoms with Gasteiger partial charge in [-0.15, -0.1) is 10.2 Å². The number of nitrogens with zero attached hydrogens (tertiary/aromatic N) is 6. The molecule has 3 aromatic rings. The fourth-order valence-electron chi connectivity index (χ4n) is 5.43. The first kappa shape index (κ1) is 38.5. The minimum absolute atomic E-state index is 0.159. The van der Waals surface area contributed by atoms with E-state index in [-0.39, 0.29) is 17.5 Å². The number of ketones is 2. The zero-order valence-electron chi connectivity index (χ0n) is 30.0. The quantitative estimate of drug-likeness (QED) is 0.231. The topological polar surface area (TPSA) is 198 Å². The van der Waals surface area contributed by atoms with Crippen LogP contribution >= 0.6 is 0 Å². The van der Waals surface area contributed by atoms with Crippen molar-refractivity contribution in [3.8, 4) is 11.6 Å². The van der Waals surface area contributed by atoms with Gasteiger partial charge in [-0.3, -0.25) is 49.6 Å². The molecule has 2 saturated heterocycles. The summed E-state index contributed by atoms with van der Waals surface area (Å²) in [7, 11) is 0. The largest absolute Gasteiger partial charge is 0.417 e. The Morgan fingerprint density at radius 1 is 0.765 bits per heavy atom. The first-order valence-electron chi connectivity index (χ1n) is 17.2. The van der Waals surface area contributed by atoms with Crippen molar-refractivity contribution in [2.75, 3.05) is 13.1 Å². The van der Waals surface area contributed by atoms with Crippen LogP contribution in [-0.2, 0) is 24.0 Å². The molecule has 15 nitrogen and oxygen atoms in total. The third-order valence-electron chi connectivity index (χ3n) is 9.52. The predicted octanol–water partition coefficient (Wildman–Crippen LogP) is 3.64. The highest BCUT2D eigenvalue weighted by atomic mass is 16.4. The molecule has 5 heterocycles.